The zero-order chi connectivity index (χ0) is 24.0. The Hall–Kier alpha value is -4.39. The van der Waals surface area contributed by atoms with Gasteiger partial charge in [0.2, 0.25) is 0 Å². The number of carboxylic acids is 1. The molecule has 5 rings (SSSR count). The number of carbonyl (C=O) groups is 1. The number of nitrogens with zero attached hydrogens (tertiary/aromatic N) is 2. The predicted octanol–water partition coefficient (Wildman–Crippen LogP) is 5.53. The number of rotatable bonds is 5. The van der Waals surface area contributed by atoms with Crippen LogP contribution in [0.4, 0.5) is 5.69 Å². The smallest absolute Gasteiger partial charge is 0.337 e. The highest BCUT2D eigenvalue weighted by molar-refractivity contribution is 5.95. The number of aromatic carboxylic acids is 1. The standard InChI is InChI=1S/C27H23N3O4/c1-15-11-19(16(2)29-22-9-5-4-7-18(22)27(32)33)26-20(12-15)24(31)13-25(34-26)17-8-6-10-23-21(17)14-28-30(23)3/h4-14,16,29H,1-3H3,(H,32,33)/t16-/m1/s1. The minimum Gasteiger partial charge on any atom is -0.478 e. The van der Waals surface area contributed by atoms with E-state index >= 15 is 0 Å². The van der Waals surface area contributed by atoms with Crippen molar-refractivity contribution in [3.8, 4) is 11.3 Å². The van der Waals surface area contributed by atoms with Crippen molar-refractivity contribution in [1.82, 2.24) is 9.78 Å². The minimum atomic E-state index is -1.01. The van der Waals surface area contributed by atoms with E-state index in [1.807, 2.05) is 51.2 Å². The number of aryl methyl sites for hydroxylation is 2. The average molecular weight is 453 g/mol. The lowest BCUT2D eigenvalue weighted by Gasteiger charge is -2.19. The molecule has 0 radical (unpaired) electrons. The van der Waals surface area contributed by atoms with Crippen LogP contribution in [0.25, 0.3) is 33.2 Å². The second-order valence-corrected chi connectivity index (χ2v) is 8.43. The fourth-order valence-electron chi connectivity index (χ4n) is 4.39. The molecule has 1 atom stereocenters. The zero-order valence-electron chi connectivity index (χ0n) is 19.0. The number of aromatic nitrogens is 2. The Kier molecular flexibility index (Phi) is 5.17. The van der Waals surface area contributed by atoms with Gasteiger partial charge in [0, 0.05) is 35.3 Å². The van der Waals surface area contributed by atoms with Crippen LogP contribution >= 0.6 is 0 Å². The summed E-state index contributed by atoms with van der Waals surface area (Å²) in [5.41, 5.74) is 4.41. The molecule has 2 N–H and O–H groups in total. The van der Waals surface area contributed by atoms with Crippen LogP contribution < -0.4 is 10.7 Å². The molecule has 0 aliphatic carbocycles. The van der Waals surface area contributed by atoms with Gasteiger partial charge in [-0.05, 0) is 43.7 Å². The summed E-state index contributed by atoms with van der Waals surface area (Å²) in [4.78, 5) is 24.8. The molecule has 2 aromatic heterocycles. The van der Waals surface area contributed by atoms with Gasteiger partial charge >= 0.3 is 5.97 Å². The van der Waals surface area contributed by atoms with Gasteiger partial charge in [-0.15, -0.1) is 0 Å². The van der Waals surface area contributed by atoms with Gasteiger partial charge in [0.25, 0.3) is 0 Å². The summed E-state index contributed by atoms with van der Waals surface area (Å²) in [7, 11) is 1.87. The molecule has 0 saturated heterocycles. The van der Waals surface area contributed by atoms with Crippen molar-refractivity contribution in [2.75, 3.05) is 5.32 Å². The van der Waals surface area contributed by atoms with E-state index in [0.29, 0.717) is 22.4 Å². The van der Waals surface area contributed by atoms with Gasteiger partial charge in [-0.25, -0.2) is 4.79 Å². The van der Waals surface area contributed by atoms with Crippen molar-refractivity contribution in [3.63, 3.8) is 0 Å². The van der Waals surface area contributed by atoms with Crippen molar-refractivity contribution in [2.24, 2.45) is 7.05 Å². The lowest BCUT2D eigenvalue weighted by molar-refractivity contribution is 0.0698. The van der Waals surface area contributed by atoms with E-state index in [-0.39, 0.29) is 17.0 Å². The number of hydrogen-bond acceptors (Lipinski definition) is 5. The van der Waals surface area contributed by atoms with E-state index in [9.17, 15) is 14.7 Å². The number of anilines is 1. The number of hydrogen-bond donors (Lipinski definition) is 2. The lowest BCUT2D eigenvalue weighted by Crippen LogP contribution is -2.12. The van der Waals surface area contributed by atoms with Crippen LogP contribution in [0.5, 0.6) is 0 Å². The second kappa shape index (κ2) is 8.19. The Morgan fingerprint density at radius 1 is 1.09 bits per heavy atom. The molecule has 3 aromatic carbocycles. The summed E-state index contributed by atoms with van der Waals surface area (Å²) < 4.78 is 8.15. The first-order valence-corrected chi connectivity index (χ1v) is 10.9. The number of nitrogens with one attached hydrogen (secondary N) is 1. The molecule has 0 unspecified atom stereocenters. The normalized spacial score (nSPS) is 12.2. The quantitative estimate of drug-likeness (QED) is 0.363. The molecule has 0 saturated carbocycles. The molecular weight excluding hydrogens is 430 g/mol. The average Bonchev–Trinajstić information content (AvgIpc) is 3.20. The third-order valence-corrected chi connectivity index (χ3v) is 6.05. The van der Waals surface area contributed by atoms with Gasteiger partial charge in [-0.3, -0.25) is 9.48 Å². The molecular formula is C27H23N3O4. The Morgan fingerprint density at radius 2 is 1.88 bits per heavy atom. The first-order valence-electron chi connectivity index (χ1n) is 10.9. The Bertz CT molecular complexity index is 1630. The highest BCUT2D eigenvalue weighted by Gasteiger charge is 2.19. The van der Waals surface area contributed by atoms with Crippen molar-refractivity contribution in [2.45, 2.75) is 19.9 Å². The second-order valence-electron chi connectivity index (χ2n) is 8.43. The van der Waals surface area contributed by atoms with Crippen LogP contribution in [0.15, 0.2) is 76.1 Å². The van der Waals surface area contributed by atoms with Crippen molar-refractivity contribution < 1.29 is 14.3 Å². The zero-order valence-corrected chi connectivity index (χ0v) is 19.0. The highest BCUT2D eigenvalue weighted by atomic mass is 16.4. The van der Waals surface area contributed by atoms with Gasteiger partial charge in [0.15, 0.2) is 5.43 Å². The van der Waals surface area contributed by atoms with Gasteiger partial charge in [0.1, 0.15) is 11.3 Å². The topological polar surface area (TPSA) is 97.4 Å². The number of fused-ring (bicyclic) bond motifs is 2. The van der Waals surface area contributed by atoms with E-state index in [4.69, 9.17) is 4.42 Å². The van der Waals surface area contributed by atoms with Crippen LogP contribution in [0.1, 0.15) is 34.5 Å². The lowest BCUT2D eigenvalue weighted by atomic mass is 10.00. The van der Waals surface area contributed by atoms with Crippen molar-refractivity contribution in [1.29, 1.82) is 0 Å². The van der Waals surface area contributed by atoms with Gasteiger partial charge < -0.3 is 14.8 Å². The van der Waals surface area contributed by atoms with E-state index in [2.05, 4.69) is 10.4 Å². The summed E-state index contributed by atoms with van der Waals surface area (Å²) in [6, 6.07) is 17.5. The summed E-state index contributed by atoms with van der Waals surface area (Å²) >= 11 is 0. The third kappa shape index (κ3) is 3.61. The summed E-state index contributed by atoms with van der Waals surface area (Å²) in [6.45, 7) is 3.84. The van der Waals surface area contributed by atoms with E-state index in [1.165, 1.54) is 6.07 Å². The van der Waals surface area contributed by atoms with Gasteiger partial charge in [-0.1, -0.05) is 30.3 Å². The maximum absolute atomic E-state index is 13.2. The molecule has 0 aliphatic heterocycles. The van der Waals surface area contributed by atoms with E-state index in [1.54, 1.807) is 35.1 Å². The van der Waals surface area contributed by atoms with Crippen LogP contribution in [0.3, 0.4) is 0 Å². The molecule has 34 heavy (non-hydrogen) atoms. The first-order chi connectivity index (χ1) is 16.3. The summed E-state index contributed by atoms with van der Waals surface area (Å²) in [5.74, 6) is -0.554. The summed E-state index contributed by atoms with van der Waals surface area (Å²) in [6.07, 6.45) is 1.76. The maximum atomic E-state index is 13.2. The molecule has 0 fully saturated rings. The van der Waals surface area contributed by atoms with Gasteiger partial charge in [0.05, 0.1) is 28.7 Å². The molecule has 170 valence electrons. The molecule has 0 aliphatic rings. The Morgan fingerprint density at radius 3 is 2.68 bits per heavy atom. The molecule has 7 heteroatoms. The molecule has 0 spiro atoms. The van der Waals surface area contributed by atoms with Crippen LogP contribution in [-0.2, 0) is 7.05 Å². The number of carboxylic acid groups (broad SMARTS) is 1. The fourth-order valence-corrected chi connectivity index (χ4v) is 4.39. The van der Waals surface area contributed by atoms with E-state index in [0.717, 1.165) is 27.6 Å². The predicted molar refractivity (Wildman–Crippen MR) is 132 cm³/mol. The van der Waals surface area contributed by atoms with Crippen LogP contribution in [0, 0.1) is 6.92 Å². The SMILES string of the molecule is Cc1cc([C@@H](C)Nc2ccccc2C(=O)O)c2oc(-c3cccc4c3cnn4C)cc(=O)c2c1. The highest BCUT2D eigenvalue weighted by Crippen LogP contribution is 2.33. The van der Waals surface area contributed by atoms with Crippen molar-refractivity contribution >= 4 is 33.5 Å². The minimum absolute atomic E-state index is 0.139. The largest absolute Gasteiger partial charge is 0.478 e. The third-order valence-electron chi connectivity index (χ3n) is 6.05. The summed E-state index contributed by atoms with van der Waals surface area (Å²) in [5, 5.41) is 18.5. The molecule has 5 aromatic rings. The number of benzene rings is 3. The van der Waals surface area contributed by atoms with Crippen LogP contribution in [-0.4, -0.2) is 20.9 Å². The monoisotopic (exact) mass is 453 g/mol. The molecule has 2 heterocycles. The first kappa shape index (κ1) is 21.5. The fraction of sp³-hybridized carbons (Fsp3) is 0.148. The molecule has 7 nitrogen and oxygen atoms in total. The Balaban J connectivity index is 1.68. The molecule has 0 amide bonds. The Labute approximate surface area is 195 Å². The van der Waals surface area contributed by atoms with Gasteiger partial charge in [-0.2, -0.15) is 5.10 Å². The van der Waals surface area contributed by atoms with E-state index < -0.39 is 5.97 Å². The molecule has 0 bridgehead atoms. The maximum Gasteiger partial charge on any atom is 0.337 e. The number of para-hydroxylation sites is 1. The van der Waals surface area contributed by atoms with Crippen LogP contribution in [0.2, 0.25) is 0 Å². The van der Waals surface area contributed by atoms with Crippen molar-refractivity contribution in [3.05, 3.63) is 93.8 Å².